The van der Waals surface area contributed by atoms with E-state index in [1.165, 1.54) is 67.7 Å². The van der Waals surface area contributed by atoms with Gasteiger partial charge in [-0.25, -0.2) is 0 Å². The number of aromatic hydroxyl groups is 3. The van der Waals surface area contributed by atoms with Gasteiger partial charge in [0.2, 0.25) is 41.6 Å². The topological polar surface area (TPSA) is 443 Å². The Balaban J connectivity index is 1.22. The van der Waals surface area contributed by atoms with Crippen molar-refractivity contribution in [3.63, 3.8) is 0 Å². The molecule has 514 valence electrons. The van der Waals surface area contributed by atoms with Gasteiger partial charge in [-0.3, -0.25) is 33.6 Å². The molecule has 16 atom stereocenters. The molecule has 3 unspecified atom stereocenters. The zero-order valence-corrected chi connectivity index (χ0v) is 53.7. The molecule has 7 aliphatic rings. The Morgan fingerprint density at radius 2 is 1.39 bits per heavy atom. The number of carbonyl (C=O) groups is 7. The van der Waals surface area contributed by atoms with Crippen LogP contribution in [0.1, 0.15) is 111 Å². The van der Waals surface area contributed by atoms with Crippen LogP contribution in [-0.2, 0) is 54.3 Å². The number of ether oxygens (including phenoxy) is 6. The molecule has 0 spiro atoms. The lowest BCUT2D eigenvalue weighted by Crippen LogP contribution is -2.62. The van der Waals surface area contributed by atoms with Gasteiger partial charge < -0.3 is 107 Å². The van der Waals surface area contributed by atoms with Crippen LogP contribution >= 0.6 is 23.2 Å². The Bertz CT molecular complexity index is 3820. The molecule has 28 nitrogen and oxygen atoms in total. The van der Waals surface area contributed by atoms with Gasteiger partial charge in [0.15, 0.2) is 29.7 Å². The lowest BCUT2D eigenvalue weighted by molar-refractivity contribution is -0.329. The second-order valence-electron chi connectivity index (χ2n) is 24.8. The molecule has 2 fully saturated rings. The number of phenols is 3. The summed E-state index contributed by atoms with van der Waals surface area (Å²) in [4.78, 5) is 103. The first-order valence-corrected chi connectivity index (χ1v) is 31.7. The number of Topliss-reactive ketones (excluding diaryl/α,β-unsaturated/α-hetero) is 2. The van der Waals surface area contributed by atoms with Crippen LogP contribution in [0.25, 0.3) is 11.1 Å². The maximum atomic E-state index is 16.1. The van der Waals surface area contributed by atoms with E-state index < -0.39 is 205 Å². The van der Waals surface area contributed by atoms with Crippen molar-refractivity contribution < 1.29 is 108 Å². The van der Waals surface area contributed by atoms with Gasteiger partial charge in [0.1, 0.15) is 77.1 Å². The highest BCUT2D eigenvalue weighted by atomic mass is 35.5. The zero-order chi connectivity index (χ0) is 69.3. The van der Waals surface area contributed by atoms with Crippen molar-refractivity contribution in [2.45, 2.75) is 157 Å². The van der Waals surface area contributed by atoms with E-state index in [2.05, 4.69) is 26.6 Å². The van der Waals surface area contributed by atoms with E-state index in [4.69, 9.17) is 57.4 Å². The number of rotatable bonds is 12. The Morgan fingerprint density at radius 3 is 2.00 bits per heavy atom. The lowest BCUT2D eigenvalue weighted by atomic mass is 9.80. The van der Waals surface area contributed by atoms with Gasteiger partial charge in [0.25, 0.3) is 0 Å². The largest absolute Gasteiger partial charge is 0.508 e. The van der Waals surface area contributed by atoms with Crippen LogP contribution in [0.4, 0.5) is 0 Å². The number of phenolic OH excluding ortho intramolecular Hbond substituents is 3. The number of nitrogens with one attached hydrogen (secondary N) is 5. The fraction of sp³-hybridized carbons (Fsp3) is 0.439. The van der Waals surface area contributed by atoms with Gasteiger partial charge in [-0.2, -0.15) is 0 Å². The molecule has 5 amide bonds. The Morgan fingerprint density at radius 1 is 0.729 bits per heavy atom. The van der Waals surface area contributed by atoms with Crippen LogP contribution in [0.5, 0.6) is 46.0 Å². The van der Waals surface area contributed by atoms with E-state index in [0.29, 0.717) is 0 Å². The minimum atomic E-state index is -2.12. The van der Waals surface area contributed by atoms with Crippen molar-refractivity contribution in [1.82, 2.24) is 26.6 Å². The molecular weight excluding hydrogens is 1300 g/mol. The highest BCUT2D eigenvalue weighted by molar-refractivity contribution is 6.32. The van der Waals surface area contributed by atoms with Crippen LogP contribution in [0, 0.1) is 11.8 Å². The predicted molar refractivity (Wildman–Crippen MR) is 337 cm³/mol. The summed E-state index contributed by atoms with van der Waals surface area (Å²) in [6, 6.07) is 8.59. The molecule has 11 bridgehead atoms. The third-order valence-corrected chi connectivity index (χ3v) is 18.2. The molecule has 96 heavy (non-hydrogen) atoms. The molecule has 0 aliphatic carbocycles. The van der Waals surface area contributed by atoms with Crippen LogP contribution in [0.3, 0.4) is 0 Å². The Hall–Kier alpha value is -8.23. The van der Waals surface area contributed by atoms with Crippen molar-refractivity contribution in [2.75, 3.05) is 13.7 Å². The minimum absolute atomic E-state index is 0.0295. The number of halogens is 2. The quantitative estimate of drug-likeness (QED) is 0.0853. The summed E-state index contributed by atoms with van der Waals surface area (Å²) in [5.41, 5.74) is 5.05. The van der Waals surface area contributed by atoms with Gasteiger partial charge in [-0.1, -0.05) is 55.2 Å². The Labute approximate surface area is 558 Å². The van der Waals surface area contributed by atoms with Crippen LogP contribution in [-0.4, -0.2) is 168 Å². The molecule has 0 radical (unpaired) electrons. The number of likely N-dealkylation sites (N-methyl/N-ethyl adjacent to an activating group) is 1. The first kappa shape index (κ1) is 70.6. The highest BCUT2D eigenvalue weighted by Gasteiger charge is 2.50. The molecule has 7 heterocycles. The van der Waals surface area contributed by atoms with Gasteiger partial charge >= 0.3 is 0 Å². The number of hydrogen-bond donors (Lipinski definition) is 15. The van der Waals surface area contributed by atoms with E-state index in [9.17, 15) is 65.1 Å². The second-order valence-corrected chi connectivity index (χ2v) is 25.6. The third kappa shape index (κ3) is 15.3. The predicted octanol–water partition coefficient (Wildman–Crippen LogP) is 3.13. The number of primary amides is 1. The van der Waals surface area contributed by atoms with Gasteiger partial charge in [-0.15, -0.1) is 0 Å². The van der Waals surface area contributed by atoms with Crippen molar-refractivity contribution in [3.8, 4) is 57.1 Å². The second kappa shape index (κ2) is 29.6. The number of carbonyl (C=O) groups excluding carboxylic acids is 7. The standard InChI is InChI=1S/C66H74Cl2N6O22/c1-26(2)13-39(70-4)63(88)74-55-57(84)30-7-11-47(38(68)17-30)93-49-19-31-18-48(60(49)96-66-61(59(86)58(85)50(25-75)94-66)95-52-12-9-41(77)27(3)91-52)92-46-10-6-29(16-37(46)67)56(83)36-22-43(79)34(21-45(81)54(31)73-64(89)40(23-51(69)82)72-65(55)90)28-5-8-42(78)35(15-28)53-32(24-71-62(36)87)14-33(76)20-44(53)80/h5-8,10-11,14-20,26-27,34,36,39-41,50,52,54-59,61,66,70,75-78,80,83-86H,9,12-13,21-25H2,1-4H3,(H2,69,82)(H,71,87)(H,72,90)(H,73,89)(H,74,88)/t27-,34+,36-,39+,40-,41-,50?,52-,54+,55+,56+,57+,58?,59-,61+,66?/m0/s1. The van der Waals surface area contributed by atoms with Crippen molar-refractivity contribution in [1.29, 1.82) is 0 Å². The first-order chi connectivity index (χ1) is 45.6. The minimum Gasteiger partial charge on any atom is -0.508 e. The number of benzene rings is 5. The summed E-state index contributed by atoms with van der Waals surface area (Å²) in [7, 11) is 1.50. The summed E-state index contributed by atoms with van der Waals surface area (Å²) in [6.45, 7) is 3.91. The molecule has 12 rings (SSSR count). The smallest absolute Gasteiger partial charge is 0.246 e. The summed E-state index contributed by atoms with van der Waals surface area (Å²) >= 11 is 14.1. The monoisotopic (exact) mass is 1370 g/mol. The van der Waals surface area contributed by atoms with Crippen molar-refractivity contribution in [2.24, 2.45) is 17.6 Å². The molecule has 7 aliphatic heterocycles. The van der Waals surface area contributed by atoms with Gasteiger partial charge in [0.05, 0.1) is 53.3 Å². The number of fused-ring (bicyclic) bond motifs is 15. The number of aliphatic hydroxyl groups is 6. The van der Waals surface area contributed by atoms with E-state index in [0.717, 1.165) is 18.2 Å². The Kier molecular flexibility index (Phi) is 21.8. The first-order valence-electron chi connectivity index (χ1n) is 31.0. The van der Waals surface area contributed by atoms with Crippen LogP contribution in [0.2, 0.25) is 10.0 Å². The zero-order valence-electron chi connectivity index (χ0n) is 52.1. The molecule has 16 N–H and O–H groups in total. The molecule has 5 aromatic carbocycles. The maximum Gasteiger partial charge on any atom is 0.246 e. The number of aliphatic hydroxyl groups excluding tert-OH is 6. The average Bonchev–Trinajstić information content (AvgIpc) is 0.783. The highest BCUT2D eigenvalue weighted by Crippen LogP contribution is 2.50. The number of hydrogen-bond acceptors (Lipinski definition) is 23. The maximum absolute atomic E-state index is 16.1. The molecular formula is C66H74Cl2N6O22. The van der Waals surface area contributed by atoms with E-state index in [1.807, 2.05) is 13.8 Å². The van der Waals surface area contributed by atoms with E-state index >= 15 is 14.4 Å². The fourth-order valence-electron chi connectivity index (χ4n) is 12.4. The molecule has 2 saturated heterocycles. The summed E-state index contributed by atoms with van der Waals surface area (Å²) in [6.07, 6.45) is -18.0. The van der Waals surface area contributed by atoms with Gasteiger partial charge in [0, 0.05) is 48.9 Å². The number of nitrogens with two attached hydrogens (primary N) is 1. The normalized spacial score (nSPS) is 28.2. The summed E-state index contributed by atoms with van der Waals surface area (Å²) < 4.78 is 38.3. The van der Waals surface area contributed by atoms with Crippen LogP contribution < -0.4 is 46.5 Å². The molecule has 30 heteroatoms. The van der Waals surface area contributed by atoms with Gasteiger partial charge in [-0.05, 0) is 115 Å². The lowest BCUT2D eigenvalue weighted by Gasteiger charge is -2.44. The van der Waals surface area contributed by atoms with E-state index in [-0.39, 0.29) is 85.7 Å². The molecule has 0 saturated carbocycles. The summed E-state index contributed by atoms with van der Waals surface area (Å²) in [5.74, 6) is -14.5. The molecule has 5 aromatic rings. The fourth-order valence-corrected chi connectivity index (χ4v) is 12.8. The SMILES string of the molecule is CN[C@H](CC(C)C)C(=O)N[C@H]1C(=O)N[C@@H](CC(N)=O)C(=O)N[C@H]2C(=O)C[C@H]3C(=O)C[C@H](C(=O)NCc4cc(O)cc(O)c4-c4cc3ccc4O)[C@H](O)c3ccc(c(Cl)c3)Oc3cc2cc(c3OC2OC(CO)C(O)[C@H](O)[C@H]2O[C@H]2CC[C@H](O)[C@H](C)O2)Oc2ccc(cc2Cl)[C@H]1O. The number of amides is 5. The van der Waals surface area contributed by atoms with Crippen LogP contribution in [0.15, 0.2) is 78.9 Å². The molecule has 0 aromatic heterocycles. The summed E-state index contributed by atoms with van der Waals surface area (Å²) in [5, 5.41) is 115. The third-order valence-electron chi connectivity index (χ3n) is 17.6. The van der Waals surface area contributed by atoms with Crippen molar-refractivity contribution in [3.05, 3.63) is 117 Å². The van der Waals surface area contributed by atoms with Crippen molar-refractivity contribution >= 4 is 64.3 Å². The number of ketones is 2. The average molecular weight is 1370 g/mol. The van der Waals surface area contributed by atoms with E-state index in [1.54, 1.807) is 6.92 Å².